The van der Waals surface area contributed by atoms with Crippen molar-refractivity contribution in [1.82, 2.24) is 19.5 Å². The van der Waals surface area contributed by atoms with Gasteiger partial charge in [0.05, 0.1) is 33.7 Å². The third-order valence-electron chi connectivity index (χ3n) is 10.3. The number of methoxy groups -OCH3 is 2. The molecular formula is C42H42N5O6PS2. The van der Waals surface area contributed by atoms with Crippen molar-refractivity contribution in [3.63, 3.8) is 0 Å². The van der Waals surface area contributed by atoms with Crippen molar-refractivity contribution in [3.8, 4) is 11.5 Å². The first kappa shape index (κ1) is 38.3. The number of carbonyl (C=O) groups is 1. The molecule has 2 atom stereocenters. The molecule has 0 radical (unpaired) electrons. The van der Waals surface area contributed by atoms with E-state index in [1.54, 1.807) is 44.1 Å². The van der Waals surface area contributed by atoms with Crippen LogP contribution in [-0.2, 0) is 37.7 Å². The molecule has 0 bridgehead atoms. The van der Waals surface area contributed by atoms with Gasteiger partial charge in [0.25, 0.3) is 5.91 Å². The maximum absolute atomic E-state index is 13.2. The van der Waals surface area contributed by atoms with Gasteiger partial charge in [0.2, 0.25) is 5.69 Å². The van der Waals surface area contributed by atoms with E-state index in [0.29, 0.717) is 34.8 Å². The van der Waals surface area contributed by atoms with Gasteiger partial charge in [-0.15, -0.1) is 0 Å². The maximum atomic E-state index is 13.2. The number of fused-ring (bicyclic) bond motifs is 1. The smallest absolute Gasteiger partial charge is 0.256 e. The predicted molar refractivity (Wildman–Crippen MR) is 222 cm³/mol. The summed E-state index contributed by atoms with van der Waals surface area (Å²) in [5.74, 6) is 1.40. The highest BCUT2D eigenvalue weighted by Gasteiger charge is 2.49. The van der Waals surface area contributed by atoms with Crippen LogP contribution in [0.2, 0.25) is 0 Å². The molecule has 2 aliphatic rings. The van der Waals surface area contributed by atoms with Crippen molar-refractivity contribution in [2.75, 3.05) is 26.1 Å². The van der Waals surface area contributed by atoms with E-state index >= 15 is 0 Å². The Hall–Kier alpha value is -4.62. The van der Waals surface area contributed by atoms with Crippen LogP contribution in [0.5, 0.6) is 11.5 Å². The second-order valence-electron chi connectivity index (χ2n) is 13.8. The number of hydrogen-bond donors (Lipinski definition) is 1. The van der Waals surface area contributed by atoms with Crippen LogP contribution in [0.3, 0.4) is 0 Å². The molecule has 1 saturated carbocycles. The van der Waals surface area contributed by atoms with Gasteiger partial charge in [-0.2, -0.15) is 0 Å². The third kappa shape index (κ3) is 7.84. The van der Waals surface area contributed by atoms with Gasteiger partial charge in [-0.25, -0.2) is 15.0 Å². The lowest BCUT2D eigenvalue weighted by molar-refractivity contribution is -0.149. The summed E-state index contributed by atoms with van der Waals surface area (Å²) >= 11 is 8.01. The van der Waals surface area contributed by atoms with Gasteiger partial charge in [-0.05, 0) is 77.7 Å². The van der Waals surface area contributed by atoms with E-state index in [0.717, 1.165) is 42.4 Å². The van der Waals surface area contributed by atoms with E-state index in [1.807, 2.05) is 102 Å². The highest BCUT2D eigenvalue weighted by atomic mass is 32.9. The van der Waals surface area contributed by atoms with E-state index in [1.165, 1.54) is 12.7 Å². The number of amides is 1. The van der Waals surface area contributed by atoms with E-state index in [2.05, 4.69) is 20.3 Å². The second kappa shape index (κ2) is 16.5. The average Bonchev–Trinajstić information content (AvgIpc) is 3.80. The summed E-state index contributed by atoms with van der Waals surface area (Å²) in [6, 6.07) is 34.7. The number of carbonyl (C=O) groups excluding carboxylic acids is 1. The summed E-state index contributed by atoms with van der Waals surface area (Å²) in [4.78, 5) is 26.8. The molecule has 8 rings (SSSR count). The summed E-state index contributed by atoms with van der Waals surface area (Å²) in [5.41, 5.74) is -0.185. The molecule has 2 fully saturated rings. The number of hydrogen-bond acceptors (Lipinski definition) is 11. The molecule has 2 unspecified atom stereocenters. The maximum Gasteiger partial charge on any atom is 0.256 e. The van der Waals surface area contributed by atoms with Crippen molar-refractivity contribution >= 4 is 51.8 Å². The second-order valence-corrected chi connectivity index (χ2v) is 20.4. The Morgan fingerprint density at radius 3 is 2.09 bits per heavy atom. The summed E-state index contributed by atoms with van der Waals surface area (Å²) in [6.07, 6.45) is 7.65. The SMILES string of the molecule is COc1ccc(C(OC(Cn2cnc3c(NC(=O)c4ccccc4)ncnc32)OP2(=S)OCC3(CCCCC3)S2)(c2ccccc2)c2ccc(OC)cc2)cc1. The minimum absolute atomic E-state index is 0.0679. The Kier molecular flexibility index (Phi) is 11.2. The minimum atomic E-state index is -2.93. The lowest BCUT2D eigenvalue weighted by Gasteiger charge is -2.39. The predicted octanol–water partition coefficient (Wildman–Crippen LogP) is 9.14. The minimum Gasteiger partial charge on any atom is -0.497 e. The van der Waals surface area contributed by atoms with Crippen LogP contribution in [0, 0.1) is 0 Å². The first-order chi connectivity index (χ1) is 27.3. The van der Waals surface area contributed by atoms with E-state index in [9.17, 15) is 4.79 Å². The van der Waals surface area contributed by atoms with Crippen molar-refractivity contribution in [1.29, 1.82) is 0 Å². The molecule has 4 aromatic carbocycles. The monoisotopic (exact) mass is 807 g/mol. The van der Waals surface area contributed by atoms with E-state index in [4.69, 9.17) is 35.1 Å². The topological polar surface area (TPSA) is 119 Å². The fraction of sp³-hybridized carbons (Fsp3) is 0.286. The van der Waals surface area contributed by atoms with Gasteiger partial charge in [0, 0.05) is 10.3 Å². The zero-order valence-electron chi connectivity index (χ0n) is 31.1. The van der Waals surface area contributed by atoms with Crippen molar-refractivity contribution in [2.45, 2.75) is 55.3 Å². The molecule has 1 N–H and O–H groups in total. The van der Waals surface area contributed by atoms with Crippen LogP contribution >= 0.6 is 17.1 Å². The zero-order valence-corrected chi connectivity index (χ0v) is 33.6. The number of benzene rings is 4. The van der Waals surface area contributed by atoms with Crippen LogP contribution in [-0.4, -0.2) is 57.3 Å². The standard InChI is InChI=1S/C42H42N5O6PS2/c1-49-34-20-16-32(17-21-34)42(31-14-8-4-9-15-31,33-18-22-35(50-2)23-19-33)52-36(53-54(55)51-27-41(56-54)24-10-5-11-25-41)26-47-29-45-37-38(43-28-44-39(37)47)46-40(48)30-12-6-3-7-13-30/h3-4,6-9,12-23,28-29,36H,5,10-11,24-27H2,1-2H3,(H,43,44,46,48). The molecule has 6 aromatic rings. The molecular weight excluding hydrogens is 766 g/mol. The van der Waals surface area contributed by atoms with Gasteiger partial charge < -0.3 is 28.6 Å². The largest absolute Gasteiger partial charge is 0.497 e. The average molecular weight is 808 g/mol. The Bertz CT molecular complexity index is 2280. The van der Waals surface area contributed by atoms with Gasteiger partial charge in [-0.1, -0.05) is 103 Å². The van der Waals surface area contributed by atoms with Crippen LogP contribution < -0.4 is 14.8 Å². The van der Waals surface area contributed by atoms with E-state index in [-0.39, 0.29) is 23.0 Å². The molecule has 1 aliphatic heterocycles. The Labute approximate surface area is 335 Å². The molecule has 1 aliphatic carbocycles. The molecule has 56 heavy (non-hydrogen) atoms. The first-order valence-corrected chi connectivity index (χ1v) is 22.6. The van der Waals surface area contributed by atoms with Crippen molar-refractivity contribution in [2.24, 2.45) is 0 Å². The highest BCUT2D eigenvalue weighted by molar-refractivity contribution is 8.68. The molecule has 3 heterocycles. The molecule has 288 valence electrons. The fourth-order valence-electron chi connectivity index (χ4n) is 7.47. The number of aromatic nitrogens is 4. The number of nitrogens with one attached hydrogen (secondary N) is 1. The zero-order chi connectivity index (χ0) is 38.6. The summed E-state index contributed by atoms with van der Waals surface area (Å²) < 4.78 is 34.0. The highest BCUT2D eigenvalue weighted by Crippen LogP contribution is 2.74. The fourth-order valence-corrected chi connectivity index (χ4v) is 14.3. The summed E-state index contributed by atoms with van der Waals surface area (Å²) in [7, 11) is 3.29. The van der Waals surface area contributed by atoms with Crippen LogP contribution in [0.1, 0.15) is 59.2 Å². The first-order valence-electron chi connectivity index (χ1n) is 18.5. The Morgan fingerprint density at radius 1 is 0.857 bits per heavy atom. The third-order valence-corrected chi connectivity index (χ3v) is 16.0. The van der Waals surface area contributed by atoms with Gasteiger partial charge in [-0.3, -0.25) is 9.32 Å². The Morgan fingerprint density at radius 2 is 1.46 bits per heavy atom. The van der Waals surface area contributed by atoms with Crippen molar-refractivity contribution in [3.05, 3.63) is 144 Å². The van der Waals surface area contributed by atoms with Gasteiger partial charge in [0.15, 0.2) is 23.3 Å². The lowest BCUT2D eigenvalue weighted by atomic mass is 9.80. The van der Waals surface area contributed by atoms with Crippen LogP contribution in [0.15, 0.2) is 122 Å². The van der Waals surface area contributed by atoms with Gasteiger partial charge >= 0.3 is 0 Å². The normalized spacial score (nSPS) is 18.5. The molecule has 14 heteroatoms. The lowest BCUT2D eigenvalue weighted by Crippen LogP contribution is -2.39. The van der Waals surface area contributed by atoms with E-state index < -0.39 is 17.6 Å². The number of nitrogens with zero attached hydrogens (tertiary/aromatic N) is 4. The number of imidazole rings is 1. The molecule has 11 nitrogen and oxygen atoms in total. The number of anilines is 1. The van der Waals surface area contributed by atoms with Crippen LogP contribution in [0.25, 0.3) is 11.2 Å². The molecule has 1 saturated heterocycles. The number of ether oxygens (including phenoxy) is 3. The molecule has 1 amide bonds. The summed E-state index contributed by atoms with van der Waals surface area (Å²) in [5, 5.41) is 2.90. The number of rotatable bonds is 13. The van der Waals surface area contributed by atoms with Crippen LogP contribution in [0.4, 0.5) is 5.82 Å². The molecule has 1 spiro atoms. The quantitative estimate of drug-likeness (QED) is 0.0684. The molecule has 2 aromatic heterocycles. The van der Waals surface area contributed by atoms with Gasteiger partial charge in [0.1, 0.15) is 23.4 Å². The Balaban J connectivity index is 1.23. The van der Waals surface area contributed by atoms with Crippen molar-refractivity contribution < 1.29 is 28.1 Å². The summed E-state index contributed by atoms with van der Waals surface area (Å²) in [6.45, 7) is 0.684.